The molecule has 0 radical (unpaired) electrons. The molecule has 3 rings (SSSR count). The summed E-state index contributed by atoms with van der Waals surface area (Å²) in [6, 6.07) is 13.1. The summed E-state index contributed by atoms with van der Waals surface area (Å²) in [6.07, 6.45) is 4.72. The molecule has 0 spiro atoms. The third-order valence-electron chi connectivity index (χ3n) is 3.68. The molecule has 1 heterocycles. The zero-order valence-corrected chi connectivity index (χ0v) is 11.1. The van der Waals surface area contributed by atoms with E-state index in [9.17, 15) is 0 Å². The van der Waals surface area contributed by atoms with E-state index < -0.39 is 0 Å². The molecule has 1 aromatic carbocycles. The Morgan fingerprint density at radius 3 is 2.56 bits per heavy atom. The lowest BCUT2D eigenvalue weighted by atomic mass is 9.99. The van der Waals surface area contributed by atoms with Gasteiger partial charge in [-0.3, -0.25) is 4.98 Å². The van der Waals surface area contributed by atoms with Crippen LogP contribution < -0.4 is 0 Å². The van der Waals surface area contributed by atoms with E-state index in [1.54, 1.807) is 0 Å². The fourth-order valence-corrected chi connectivity index (χ4v) is 2.29. The quantitative estimate of drug-likeness (QED) is 0.750. The maximum absolute atomic E-state index is 4.61. The fourth-order valence-electron chi connectivity index (χ4n) is 2.29. The van der Waals surface area contributed by atoms with Crippen LogP contribution in [0.1, 0.15) is 49.7 Å². The number of aromatic nitrogens is 1. The highest BCUT2D eigenvalue weighted by Crippen LogP contribution is 2.39. The van der Waals surface area contributed by atoms with Gasteiger partial charge in [0.1, 0.15) is 0 Å². The average Bonchev–Trinajstić information content (AvgIpc) is 3.23. The predicted octanol–water partition coefficient (Wildman–Crippen LogP) is 4.75. The molecule has 92 valence electrons. The monoisotopic (exact) mass is 237 g/mol. The van der Waals surface area contributed by atoms with Gasteiger partial charge in [0, 0.05) is 11.8 Å². The average molecular weight is 237 g/mol. The second-order valence-electron chi connectivity index (χ2n) is 5.53. The fraction of sp³-hybridized carbons (Fsp3) is 0.353. The number of hydrogen-bond donors (Lipinski definition) is 0. The molecule has 1 aromatic heterocycles. The standard InChI is InChI=1S/C17H19N/c1-12(2)14-4-3-5-15(10-14)17-9-8-16(11-18-17)13-6-7-13/h3-5,8-13H,6-7H2,1-2H3. The third-order valence-corrected chi connectivity index (χ3v) is 3.68. The number of benzene rings is 1. The topological polar surface area (TPSA) is 12.9 Å². The molecule has 0 aliphatic heterocycles. The van der Waals surface area contributed by atoms with Crippen LogP contribution in [0, 0.1) is 0 Å². The third kappa shape index (κ3) is 2.31. The molecule has 1 aliphatic rings. The molecule has 1 fully saturated rings. The van der Waals surface area contributed by atoms with Crippen molar-refractivity contribution in [1.29, 1.82) is 0 Å². The molecule has 1 nitrogen and oxygen atoms in total. The molecule has 0 atom stereocenters. The summed E-state index contributed by atoms with van der Waals surface area (Å²) in [7, 11) is 0. The molecule has 1 heteroatoms. The maximum Gasteiger partial charge on any atom is 0.0702 e. The molecular formula is C17H19N. The van der Waals surface area contributed by atoms with Crippen LogP contribution in [-0.2, 0) is 0 Å². The van der Waals surface area contributed by atoms with Crippen molar-refractivity contribution in [1.82, 2.24) is 4.98 Å². The normalized spacial score (nSPS) is 15.1. The van der Waals surface area contributed by atoms with Crippen LogP contribution in [0.3, 0.4) is 0 Å². The highest BCUT2D eigenvalue weighted by molar-refractivity contribution is 5.60. The molecule has 0 unspecified atom stereocenters. The molecular weight excluding hydrogens is 218 g/mol. The first-order valence-electron chi connectivity index (χ1n) is 6.80. The molecule has 2 aromatic rings. The smallest absolute Gasteiger partial charge is 0.0702 e. The zero-order chi connectivity index (χ0) is 12.5. The van der Waals surface area contributed by atoms with Crippen LogP contribution in [0.5, 0.6) is 0 Å². The Hall–Kier alpha value is -1.63. The van der Waals surface area contributed by atoms with Gasteiger partial charge in [-0.2, -0.15) is 0 Å². The minimum absolute atomic E-state index is 0.565. The van der Waals surface area contributed by atoms with E-state index in [0.29, 0.717) is 5.92 Å². The summed E-state index contributed by atoms with van der Waals surface area (Å²) >= 11 is 0. The van der Waals surface area contributed by atoms with Crippen molar-refractivity contribution in [2.75, 3.05) is 0 Å². The molecule has 0 N–H and O–H groups in total. The van der Waals surface area contributed by atoms with Gasteiger partial charge < -0.3 is 0 Å². The van der Waals surface area contributed by atoms with Gasteiger partial charge in [0.2, 0.25) is 0 Å². The van der Waals surface area contributed by atoms with E-state index in [0.717, 1.165) is 11.6 Å². The Kier molecular flexibility index (Phi) is 2.91. The van der Waals surface area contributed by atoms with Crippen molar-refractivity contribution in [3.05, 3.63) is 53.7 Å². The molecule has 1 saturated carbocycles. The Morgan fingerprint density at radius 2 is 1.94 bits per heavy atom. The lowest BCUT2D eigenvalue weighted by Crippen LogP contribution is -1.90. The minimum atomic E-state index is 0.565. The highest BCUT2D eigenvalue weighted by atomic mass is 14.7. The minimum Gasteiger partial charge on any atom is -0.256 e. The molecule has 18 heavy (non-hydrogen) atoms. The largest absolute Gasteiger partial charge is 0.256 e. The number of pyridine rings is 1. The first-order valence-corrected chi connectivity index (χ1v) is 6.80. The molecule has 0 saturated heterocycles. The molecule has 0 bridgehead atoms. The highest BCUT2D eigenvalue weighted by Gasteiger charge is 2.23. The van der Waals surface area contributed by atoms with E-state index >= 15 is 0 Å². The van der Waals surface area contributed by atoms with Gasteiger partial charge >= 0.3 is 0 Å². The van der Waals surface area contributed by atoms with Crippen molar-refractivity contribution in [2.24, 2.45) is 0 Å². The van der Waals surface area contributed by atoms with E-state index in [4.69, 9.17) is 0 Å². The summed E-state index contributed by atoms with van der Waals surface area (Å²) < 4.78 is 0. The van der Waals surface area contributed by atoms with Gasteiger partial charge in [0.15, 0.2) is 0 Å². The van der Waals surface area contributed by atoms with Crippen LogP contribution in [0.25, 0.3) is 11.3 Å². The van der Waals surface area contributed by atoms with Crippen molar-refractivity contribution < 1.29 is 0 Å². The Morgan fingerprint density at radius 1 is 1.11 bits per heavy atom. The van der Waals surface area contributed by atoms with Crippen molar-refractivity contribution in [2.45, 2.75) is 38.5 Å². The second kappa shape index (κ2) is 4.56. The van der Waals surface area contributed by atoms with Gasteiger partial charge in [-0.25, -0.2) is 0 Å². The second-order valence-corrected chi connectivity index (χ2v) is 5.53. The van der Waals surface area contributed by atoms with Gasteiger partial charge in [-0.05, 0) is 47.9 Å². The Balaban J connectivity index is 1.91. The van der Waals surface area contributed by atoms with Gasteiger partial charge in [0.25, 0.3) is 0 Å². The van der Waals surface area contributed by atoms with Crippen LogP contribution in [-0.4, -0.2) is 4.98 Å². The summed E-state index contributed by atoms with van der Waals surface area (Å²) in [4.78, 5) is 4.61. The SMILES string of the molecule is CC(C)c1cccc(-c2ccc(C3CC3)cn2)c1. The zero-order valence-electron chi connectivity index (χ0n) is 11.1. The lowest BCUT2D eigenvalue weighted by Gasteiger charge is -2.08. The number of nitrogens with zero attached hydrogens (tertiary/aromatic N) is 1. The lowest BCUT2D eigenvalue weighted by molar-refractivity contribution is 0.867. The van der Waals surface area contributed by atoms with E-state index in [-0.39, 0.29) is 0 Å². The summed E-state index contributed by atoms with van der Waals surface area (Å²) in [5, 5.41) is 0. The van der Waals surface area contributed by atoms with E-state index in [2.05, 4.69) is 61.4 Å². The van der Waals surface area contributed by atoms with Crippen LogP contribution in [0.2, 0.25) is 0 Å². The molecule has 0 amide bonds. The number of hydrogen-bond acceptors (Lipinski definition) is 1. The van der Waals surface area contributed by atoms with Gasteiger partial charge in [-0.1, -0.05) is 38.1 Å². The Bertz CT molecular complexity index is 536. The van der Waals surface area contributed by atoms with Gasteiger partial charge in [0.05, 0.1) is 5.69 Å². The predicted molar refractivity (Wildman–Crippen MR) is 75.7 cm³/mol. The summed E-state index contributed by atoms with van der Waals surface area (Å²) in [5.41, 5.74) is 5.09. The van der Waals surface area contributed by atoms with Crippen LogP contribution in [0.15, 0.2) is 42.6 Å². The number of rotatable bonds is 3. The van der Waals surface area contributed by atoms with E-state index in [1.807, 2.05) is 0 Å². The van der Waals surface area contributed by atoms with Crippen molar-refractivity contribution >= 4 is 0 Å². The van der Waals surface area contributed by atoms with Crippen molar-refractivity contribution in [3.63, 3.8) is 0 Å². The van der Waals surface area contributed by atoms with Crippen LogP contribution >= 0.6 is 0 Å². The first kappa shape index (κ1) is 11.5. The first-order chi connectivity index (χ1) is 8.74. The van der Waals surface area contributed by atoms with Crippen LogP contribution in [0.4, 0.5) is 0 Å². The van der Waals surface area contributed by atoms with E-state index in [1.165, 1.54) is 29.5 Å². The summed E-state index contributed by atoms with van der Waals surface area (Å²) in [6.45, 7) is 4.45. The van der Waals surface area contributed by atoms with Gasteiger partial charge in [-0.15, -0.1) is 0 Å². The maximum atomic E-state index is 4.61. The van der Waals surface area contributed by atoms with Crippen molar-refractivity contribution in [3.8, 4) is 11.3 Å². The Labute approximate surface area is 109 Å². The molecule has 1 aliphatic carbocycles. The summed E-state index contributed by atoms with van der Waals surface area (Å²) in [5.74, 6) is 1.35.